The van der Waals surface area contributed by atoms with Crippen molar-refractivity contribution in [1.82, 2.24) is 20.3 Å². The third-order valence-corrected chi connectivity index (χ3v) is 3.67. The van der Waals surface area contributed by atoms with E-state index in [1.807, 2.05) is 4.90 Å². The molecule has 1 unspecified atom stereocenters. The molecule has 0 bridgehead atoms. The summed E-state index contributed by atoms with van der Waals surface area (Å²) >= 11 is 0. The average molecular weight is 280 g/mol. The number of piperazine rings is 1. The average Bonchev–Trinajstić information content (AvgIpc) is 2.48. The van der Waals surface area contributed by atoms with E-state index in [1.165, 1.54) is 0 Å². The van der Waals surface area contributed by atoms with Crippen LogP contribution in [0, 0.1) is 0 Å². The Bertz CT molecular complexity index is 513. The summed E-state index contributed by atoms with van der Waals surface area (Å²) in [6.45, 7) is 7.51. The first-order chi connectivity index (χ1) is 9.74. The zero-order valence-corrected chi connectivity index (χ0v) is 11.6. The van der Waals surface area contributed by atoms with Gasteiger partial charge in [-0.2, -0.15) is 9.97 Å². The largest absolute Gasteiger partial charge is 0.377 e. The van der Waals surface area contributed by atoms with E-state index in [9.17, 15) is 4.79 Å². The lowest BCUT2D eigenvalue weighted by Gasteiger charge is -2.34. The van der Waals surface area contributed by atoms with Gasteiger partial charge in [0.05, 0.1) is 19.3 Å². The Balaban J connectivity index is 1.87. The highest BCUT2D eigenvalue weighted by atomic mass is 16.5. The van der Waals surface area contributed by atoms with Gasteiger partial charge in [-0.05, 0) is 6.92 Å². The van der Waals surface area contributed by atoms with Crippen LogP contribution >= 0.6 is 0 Å². The van der Waals surface area contributed by atoms with E-state index in [1.54, 1.807) is 0 Å². The van der Waals surface area contributed by atoms with Crippen LogP contribution in [0.15, 0.2) is 4.79 Å². The van der Waals surface area contributed by atoms with Gasteiger partial charge < -0.3 is 19.9 Å². The van der Waals surface area contributed by atoms with Crippen molar-refractivity contribution >= 4 is 11.9 Å². The van der Waals surface area contributed by atoms with Crippen molar-refractivity contribution < 1.29 is 4.74 Å². The Morgan fingerprint density at radius 2 is 2.05 bits per heavy atom. The molecule has 0 aliphatic carbocycles. The molecule has 2 fully saturated rings. The van der Waals surface area contributed by atoms with E-state index in [-0.39, 0.29) is 11.7 Å². The van der Waals surface area contributed by atoms with Gasteiger partial charge in [-0.15, -0.1) is 0 Å². The molecule has 1 aromatic heterocycles. The Labute approximate surface area is 117 Å². The predicted molar refractivity (Wildman–Crippen MR) is 75.4 cm³/mol. The second-order valence-electron chi connectivity index (χ2n) is 5.13. The van der Waals surface area contributed by atoms with Crippen LogP contribution in [-0.2, 0) is 4.74 Å². The van der Waals surface area contributed by atoms with Gasteiger partial charge >= 0.3 is 5.69 Å². The molecular weight excluding hydrogens is 260 g/mol. The summed E-state index contributed by atoms with van der Waals surface area (Å²) in [6, 6.07) is 0.199. The Kier molecular flexibility index (Phi) is 3.83. The summed E-state index contributed by atoms with van der Waals surface area (Å²) in [5.74, 6) is 1.11. The number of aromatic amines is 1. The standard InChI is InChI=1S/C12H20N6O2/c1-9-8-20-7-6-18(9)11-14-10(15-12(19)16-11)17-4-2-13-3-5-17/h9,13H,2-8H2,1H3,(H,14,15,16,19). The number of hydrogen-bond acceptors (Lipinski definition) is 7. The van der Waals surface area contributed by atoms with Crippen molar-refractivity contribution in [1.29, 1.82) is 0 Å². The van der Waals surface area contributed by atoms with Crippen LogP contribution in [-0.4, -0.2) is 66.9 Å². The lowest BCUT2D eigenvalue weighted by molar-refractivity contribution is 0.0980. The van der Waals surface area contributed by atoms with Crippen LogP contribution in [0.2, 0.25) is 0 Å². The summed E-state index contributed by atoms with van der Waals surface area (Å²) in [4.78, 5) is 27.2. The molecule has 2 saturated heterocycles. The zero-order valence-electron chi connectivity index (χ0n) is 11.6. The Morgan fingerprint density at radius 1 is 1.25 bits per heavy atom. The minimum absolute atomic E-state index is 0.199. The second kappa shape index (κ2) is 5.76. The zero-order chi connectivity index (χ0) is 13.9. The van der Waals surface area contributed by atoms with Crippen molar-refractivity contribution in [3.63, 3.8) is 0 Å². The maximum Gasteiger partial charge on any atom is 0.351 e. The third-order valence-electron chi connectivity index (χ3n) is 3.67. The predicted octanol–water partition coefficient (Wildman–Crippen LogP) is -1.20. The van der Waals surface area contributed by atoms with Gasteiger partial charge in [0.15, 0.2) is 0 Å². The summed E-state index contributed by atoms with van der Waals surface area (Å²) in [5, 5.41) is 3.27. The molecule has 0 aromatic carbocycles. The first-order valence-electron chi connectivity index (χ1n) is 7.02. The summed E-state index contributed by atoms with van der Waals surface area (Å²) in [5.41, 5.74) is -0.345. The molecule has 2 N–H and O–H groups in total. The molecular formula is C12H20N6O2. The Morgan fingerprint density at radius 3 is 2.80 bits per heavy atom. The molecule has 3 heterocycles. The molecule has 1 atom stereocenters. The van der Waals surface area contributed by atoms with Gasteiger partial charge in [-0.3, -0.25) is 4.98 Å². The van der Waals surface area contributed by atoms with Crippen LogP contribution in [0.4, 0.5) is 11.9 Å². The van der Waals surface area contributed by atoms with Gasteiger partial charge in [-0.1, -0.05) is 0 Å². The lowest BCUT2D eigenvalue weighted by atomic mass is 10.3. The molecule has 0 spiro atoms. The lowest BCUT2D eigenvalue weighted by Crippen LogP contribution is -2.47. The van der Waals surface area contributed by atoms with E-state index in [0.29, 0.717) is 25.1 Å². The van der Waals surface area contributed by atoms with Crippen molar-refractivity contribution in [3.8, 4) is 0 Å². The van der Waals surface area contributed by atoms with E-state index >= 15 is 0 Å². The highest BCUT2D eigenvalue weighted by molar-refractivity contribution is 5.39. The maximum absolute atomic E-state index is 11.8. The quantitative estimate of drug-likeness (QED) is 0.703. The van der Waals surface area contributed by atoms with E-state index in [0.717, 1.165) is 32.7 Å². The van der Waals surface area contributed by atoms with Crippen molar-refractivity contribution in [2.75, 3.05) is 55.7 Å². The summed E-state index contributed by atoms with van der Waals surface area (Å²) < 4.78 is 5.41. The first kappa shape index (κ1) is 13.3. The van der Waals surface area contributed by atoms with Gasteiger partial charge in [0.1, 0.15) is 0 Å². The molecule has 0 amide bonds. The number of aromatic nitrogens is 3. The van der Waals surface area contributed by atoms with E-state index < -0.39 is 0 Å². The van der Waals surface area contributed by atoms with Gasteiger partial charge in [0, 0.05) is 32.7 Å². The van der Waals surface area contributed by atoms with E-state index in [2.05, 4.69) is 32.1 Å². The summed E-state index contributed by atoms with van der Waals surface area (Å²) in [6.07, 6.45) is 0. The maximum atomic E-state index is 11.8. The van der Waals surface area contributed by atoms with Gasteiger partial charge in [0.25, 0.3) is 0 Å². The number of rotatable bonds is 2. The fraction of sp³-hybridized carbons (Fsp3) is 0.750. The molecule has 2 aliphatic heterocycles. The molecule has 110 valence electrons. The second-order valence-corrected chi connectivity index (χ2v) is 5.13. The fourth-order valence-corrected chi connectivity index (χ4v) is 2.55. The van der Waals surface area contributed by atoms with Crippen LogP contribution in [0.1, 0.15) is 6.92 Å². The smallest absolute Gasteiger partial charge is 0.351 e. The minimum atomic E-state index is -0.345. The highest BCUT2D eigenvalue weighted by Crippen LogP contribution is 2.16. The SMILES string of the molecule is CC1COCCN1c1nc(N2CCNCC2)nc(=O)[nH]1. The molecule has 8 heteroatoms. The molecule has 0 radical (unpaired) electrons. The molecule has 8 nitrogen and oxygen atoms in total. The molecule has 1 aromatic rings. The number of morpholine rings is 1. The van der Waals surface area contributed by atoms with Crippen molar-refractivity contribution in [3.05, 3.63) is 10.5 Å². The highest BCUT2D eigenvalue weighted by Gasteiger charge is 2.23. The summed E-state index contributed by atoms with van der Waals surface area (Å²) in [7, 11) is 0. The normalized spacial score (nSPS) is 23.9. The molecule has 3 rings (SSSR count). The van der Waals surface area contributed by atoms with Crippen LogP contribution in [0.25, 0.3) is 0 Å². The molecule has 2 aliphatic rings. The topological polar surface area (TPSA) is 86.4 Å². The third kappa shape index (κ3) is 2.75. The minimum Gasteiger partial charge on any atom is -0.377 e. The number of ether oxygens (including phenoxy) is 1. The van der Waals surface area contributed by atoms with Crippen molar-refractivity contribution in [2.45, 2.75) is 13.0 Å². The van der Waals surface area contributed by atoms with Crippen LogP contribution < -0.4 is 20.8 Å². The van der Waals surface area contributed by atoms with Crippen LogP contribution in [0.5, 0.6) is 0 Å². The first-order valence-corrected chi connectivity index (χ1v) is 7.02. The molecule has 20 heavy (non-hydrogen) atoms. The monoisotopic (exact) mass is 280 g/mol. The molecule has 0 saturated carbocycles. The number of nitrogens with one attached hydrogen (secondary N) is 2. The van der Waals surface area contributed by atoms with Crippen LogP contribution in [0.3, 0.4) is 0 Å². The van der Waals surface area contributed by atoms with Crippen molar-refractivity contribution in [2.24, 2.45) is 0 Å². The van der Waals surface area contributed by atoms with Gasteiger partial charge in [-0.25, -0.2) is 4.79 Å². The number of anilines is 2. The number of nitrogens with zero attached hydrogens (tertiary/aromatic N) is 4. The Hall–Kier alpha value is -1.67. The van der Waals surface area contributed by atoms with Gasteiger partial charge in [0.2, 0.25) is 11.9 Å². The fourth-order valence-electron chi connectivity index (χ4n) is 2.55. The number of hydrogen-bond donors (Lipinski definition) is 2. The number of H-pyrrole nitrogens is 1. The van der Waals surface area contributed by atoms with E-state index in [4.69, 9.17) is 4.74 Å².